The molecule has 2 N–H and O–H groups in total. The van der Waals surface area contributed by atoms with Crippen LogP contribution in [0.3, 0.4) is 0 Å². The van der Waals surface area contributed by atoms with Crippen molar-refractivity contribution in [2.75, 3.05) is 11.9 Å². The Morgan fingerprint density at radius 3 is 2.80 bits per heavy atom. The molecule has 0 saturated carbocycles. The highest BCUT2D eigenvalue weighted by atomic mass is 32.1. The topological polar surface area (TPSA) is 79.8 Å². The minimum atomic E-state index is -0.389. The summed E-state index contributed by atoms with van der Waals surface area (Å²) in [7, 11) is 0. The highest BCUT2D eigenvalue weighted by molar-refractivity contribution is 7.18. The van der Waals surface area contributed by atoms with E-state index < -0.39 is 0 Å². The number of pyridine rings is 1. The summed E-state index contributed by atoms with van der Waals surface area (Å²) in [4.78, 5) is 27.8. The molecule has 0 fully saturated rings. The van der Waals surface area contributed by atoms with Crippen LogP contribution in [0.2, 0.25) is 0 Å². The summed E-state index contributed by atoms with van der Waals surface area (Å²) in [6.07, 6.45) is 3.46. The van der Waals surface area contributed by atoms with Crippen LogP contribution in [0.1, 0.15) is 24.3 Å². The summed E-state index contributed by atoms with van der Waals surface area (Å²) in [5.74, 6) is 1.23. The minimum absolute atomic E-state index is 0.0539. The van der Waals surface area contributed by atoms with Gasteiger partial charge in [0.2, 0.25) is 5.91 Å². The number of nitrogens with one attached hydrogen (secondary N) is 2. The van der Waals surface area contributed by atoms with Crippen LogP contribution in [-0.4, -0.2) is 33.4 Å². The Hall–Kier alpha value is -2.54. The molecule has 7 heteroatoms. The van der Waals surface area contributed by atoms with E-state index in [1.807, 2.05) is 26.0 Å². The second-order valence-electron chi connectivity index (χ2n) is 5.86. The zero-order valence-corrected chi connectivity index (χ0v) is 15.6. The number of hydrogen-bond donors (Lipinski definition) is 2. The molecule has 0 unspecified atom stereocenters. The number of anilines is 1. The molecule has 25 heavy (non-hydrogen) atoms. The average molecular weight is 355 g/mol. The Labute approximate surface area is 150 Å². The molecule has 6 nitrogen and oxygen atoms in total. The third-order valence-corrected chi connectivity index (χ3v) is 5.15. The van der Waals surface area contributed by atoms with Crippen molar-refractivity contribution in [1.82, 2.24) is 20.3 Å². The monoisotopic (exact) mass is 355 g/mol. The summed E-state index contributed by atoms with van der Waals surface area (Å²) in [5, 5.41) is 7.06. The van der Waals surface area contributed by atoms with Crippen molar-refractivity contribution < 1.29 is 4.79 Å². The summed E-state index contributed by atoms with van der Waals surface area (Å²) in [6.45, 7) is 8.46. The zero-order valence-electron chi connectivity index (χ0n) is 14.8. The van der Waals surface area contributed by atoms with Gasteiger partial charge in [0.05, 0.1) is 5.39 Å². The number of carbonyl (C=O) groups excluding carboxylic acids is 1. The lowest BCUT2D eigenvalue weighted by molar-refractivity contribution is -0.121. The smallest absolute Gasteiger partial charge is 0.242 e. The molecule has 0 aliphatic carbocycles. The molecule has 130 valence electrons. The van der Waals surface area contributed by atoms with Crippen molar-refractivity contribution in [1.29, 1.82) is 0 Å². The van der Waals surface area contributed by atoms with Gasteiger partial charge in [-0.1, -0.05) is 0 Å². The lowest BCUT2D eigenvalue weighted by Gasteiger charge is -2.15. The molecule has 0 spiro atoms. The third-order valence-electron chi connectivity index (χ3n) is 4.05. The van der Waals surface area contributed by atoms with Crippen molar-refractivity contribution >= 4 is 33.3 Å². The van der Waals surface area contributed by atoms with E-state index in [1.165, 1.54) is 4.88 Å². The molecule has 0 aliphatic heterocycles. The summed E-state index contributed by atoms with van der Waals surface area (Å²) in [5.41, 5.74) is 1.99. The van der Waals surface area contributed by atoms with Crippen LogP contribution in [0, 0.1) is 13.8 Å². The number of fused-ring (bicyclic) bond motifs is 1. The Morgan fingerprint density at radius 2 is 2.12 bits per heavy atom. The van der Waals surface area contributed by atoms with E-state index in [0.29, 0.717) is 18.2 Å². The number of hydrogen-bond acceptors (Lipinski definition) is 6. The first kappa shape index (κ1) is 17.3. The van der Waals surface area contributed by atoms with E-state index in [-0.39, 0.29) is 11.9 Å². The Balaban J connectivity index is 2.09. The van der Waals surface area contributed by atoms with Crippen LogP contribution in [0.25, 0.3) is 21.6 Å². The Morgan fingerprint density at radius 1 is 1.32 bits per heavy atom. The van der Waals surface area contributed by atoms with E-state index in [2.05, 4.69) is 29.5 Å². The number of rotatable bonds is 5. The first-order valence-corrected chi connectivity index (χ1v) is 9.05. The summed E-state index contributed by atoms with van der Waals surface area (Å²) < 4.78 is 0. The lowest BCUT2D eigenvalue weighted by atomic mass is 10.2. The van der Waals surface area contributed by atoms with Crippen molar-refractivity contribution in [2.45, 2.75) is 33.7 Å². The number of carbonyl (C=O) groups is 1. The van der Waals surface area contributed by atoms with Gasteiger partial charge in [-0.15, -0.1) is 11.3 Å². The van der Waals surface area contributed by atoms with Crippen LogP contribution < -0.4 is 10.6 Å². The molecular weight excluding hydrogens is 334 g/mol. The quantitative estimate of drug-likeness (QED) is 0.734. The highest BCUT2D eigenvalue weighted by Crippen LogP contribution is 2.35. The SMILES string of the molecule is CCNC(=O)[C@@H](C)Nc1nc(-c2cccnc2)nc2sc(C)c(C)c12. The molecule has 0 radical (unpaired) electrons. The van der Waals surface area contributed by atoms with Crippen LogP contribution in [-0.2, 0) is 4.79 Å². The van der Waals surface area contributed by atoms with Gasteiger partial charge >= 0.3 is 0 Å². The lowest BCUT2D eigenvalue weighted by Crippen LogP contribution is -2.37. The Bertz CT molecular complexity index is 907. The normalized spacial score (nSPS) is 12.2. The van der Waals surface area contributed by atoms with Gasteiger partial charge in [0, 0.05) is 29.4 Å². The molecule has 0 saturated heterocycles. The molecule has 3 aromatic rings. The fraction of sp³-hybridized carbons (Fsp3) is 0.333. The molecule has 1 amide bonds. The highest BCUT2D eigenvalue weighted by Gasteiger charge is 2.19. The van der Waals surface area contributed by atoms with E-state index in [1.54, 1.807) is 23.7 Å². The molecule has 3 aromatic heterocycles. The molecule has 3 rings (SSSR count). The van der Waals surface area contributed by atoms with E-state index >= 15 is 0 Å². The predicted octanol–water partition coefficient (Wildman–Crippen LogP) is 3.31. The van der Waals surface area contributed by atoms with E-state index in [4.69, 9.17) is 9.97 Å². The van der Waals surface area contributed by atoms with Gasteiger partial charge in [-0.05, 0) is 45.4 Å². The van der Waals surface area contributed by atoms with Gasteiger partial charge in [0.15, 0.2) is 5.82 Å². The van der Waals surface area contributed by atoms with Crippen LogP contribution in [0.4, 0.5) is 5.82 Å². The first-order valence-electron chi connectivity index (χ1n) is 8.23. The van der Waals surface area contributed by atoms with Gasteiger partial charge in [-0.3, -0.25) is 9.78 Å². The van der Waals surface area contributed by atoms with Crippen molar-refractivity contribution in [3.63, 3.8) is 0 Å². The molecule has 0 aromatic carbocycles. The molecule has 0 aliphatic rings. The number of nitrogens with zero attached hydrogens (tertiary/aromatic N) is 3. The number of likely N-dealkylation sites (N-methyl/N-ethyl adjacent to an activating group) is 1. The molecule has 0 bridgehead atoms. The number of thiophene rings is 1. The van der Waals surface area contributed by atoms with Crippen molar-refractivity contribution in [3.8, 4) is 11.4 Å². The van der Waals surface area contributed by atoms with Gasteiger partial charge < -0.3 is 10.6 Å². The summed E-state index contributed by atoms with van der Waals surface area (Å²) in [6, 6.07) is 3.40. The van der Waals surface area contributed by atoms with Crippen LogP contribution in [0.15, 0.2) is 24.5 Å². The second kappa shape index (κ2) is 7.14. The van der Waals surface area contributed by atoms with Crippen molar-refractivity contribution in [2.24, 2.45) is 0 Å². The molecular formula is C18H21N5OS. The van der Waals surface area contributed by atoms with Gasteiger partial charge in [-0.2, -0.15) is 0 Å². The van der Waals surface area contributed by atoms with Crippen LogP contribution >= 0.6 is 11.3 Å². The minimum Gasteiger partial charge on any atom is -0.358 e. The maximum Gasteiger partial charge on any atom is 0.242 e. The predicted molar refractivity (Wildman–Crippen MR) is 102 cm³/mol. The van der Waals surface area contributed by atoms with Gasteiger partial charge in [-0.25, -0.2) is 9.97 Å². The molecule has 1 atom stereocenters. The first-order chi connectivity index (χ1) is 12.0. The largest absolute Gasteiger partial charge is 0.358 e. The van der Waals surface area contributed by atoms with E-state index in [0.717, 1.165) is 21.3 Å². The van der Waals surface area contributed by atoms with Crippen molar-refractivity contribution in [3.05, 3.63) is 35.0 Å². The summed E-state index contributed by atoms with van der Waals surface area (Å²) >= 11 is 1.64. The Kier molecular flexibility index (Phi) is 4.94. The van der Waals surface area contributed by atoms with E-state index in [9.17, 15) is 4.79 Å². The van der Waals surface area contributed by atoms with Gasteiger partial charge in [0.1, 0.15) is 16.7 Å². The fourth-order valence-electron chi connectivity index (χ4n) is 2.58. The average Bonchev–Trinajstić information content (AvgIpc) is 2.90. The number of aromatic nitrogens is 3. The maximum absolute atomic E-state index is 12.1. The standard InChI is InChI=1S/C18H21N5OS/c1-5-20-17(24)11(3)21-16-14-10(2)12(4)25-18(14)23-15(22-16)13-7-6-8-19-9-13/h6-9,11H,5H2,1-4H3,(H,20,24)(H,21,22,23)/t11-/m1/s1. The van der Waals surface area contributed by atoms with Gasteiger partial charge in [0.25, 0.3) is 0 Å². The third kappa shape index (κ3) is 3.46. The number of aryl methyl sites for hydroxylation is 2. The second-order valence-corrected chi connectivity index (χ2v) is 7.06. The zero-order chi connectivity index (χ0) is 18.0. The number of amides is 1. The van der Waals surface area contributed by atoms with Crippen LogP contribution in [0.5, 0.6) is 0 Å². The maximum atomic E-state index is 12.1. The fourth-order valence-corrected chi connectivity index (χ4v) is 3.61. The molecule has 3 heterocycles.